The molecule has 111 heavy (non-hydrogen) atoms. The maximum Gasteiger partial charge on any atom is 0.243 e. The standard InChI is InChI=1S/C22H30N2O3S2.2C21H28N2O3S2.C19H26N2O3S2/c1-4-17(5-2)21(25)14-22-23-20(15-28-22)18-6-8-19(9-7-18)29(26,27)24-12-10-16(3)11-13-24;1-15(2)12-18(24)13-21-22-20(14-27-21)17-4-6-19(7-5-17)28(25,26)23-10-8-16(3)9-11-23;1-4-16(3)20(24)13-21-22-19(14-27-21)17-5-7-18(8-6-17)28(25,26)23-11-9-15(2)10-12-23;1-5-21(6-2)26(23,24)17-9-7-15(8-10-17)18-13-25-19(20-18)12-16(22)11-14(3)4/h6-9,15-17H,4-5,10-14H2,1-3H3;4-7,14-16H,8-13H2,1-3H3;5-8,14-16H,4,9-13H2,1-3H3;7-10,13-14H,5-6,11-12H2,1-4H3. The molecule has 28 heteroatoms. The molecule has 0 radical (unpaired) electrons. The zero-order valence-corrected chi connectivity index (χ0v) is 73.1. The van der Waals surface area contributed by atoms with Gasteiger partial charge in [-0.05, 0) is 136 Å². The summed E-state index contributed by atoms with van der Waals surface area (Å²) >= 11 is 5.90. The van der Waals surface area contributed by atoms with Gasteiger partial charge >= 0.3 is 0 Å². The van der Waals surface area contributed by atoms with Crippen molar-refractivity contribution in [3.05, 3.63) is 139 Å². The van der Waals surface area contributed by atoms with Crippen molar-refractivity contribution in [3.8, 4) is 45.0 Å². The van der Waals surface area contributed by atoms with E-state index < -0.39 is 40.1 Å². The average molecular weight is 1670 g/mol. The minimum absolute atomic E-state index is 0.0506. The summed E-state index contributed by atoms with van der Waals surface area (Å²) in [6, 6.07) is 27.5. The molecule has 0 N–H and O–H groups in total. The topological polar surface area (TPSA) is 269 Å². The molecule has 1 atom stereocenters. The van der Waals surface area contributed by atoms with Crippen LogP contribution in [0.1, 0.15) is 181 Å². The number of benzene rings is 4. The summed E-state index contributed by atoms with van der Waals surface area (Å²) < 4.78 is 108. The zero-order chi connectivity index (χ0) is 81.0. The highest BCUT2D eigenvalue weighted by Gasteiger charge is 2.32. The Morgan fingerprint density at radius 3 is 0.901 bits per heavy atom. The third kappa shape index (κ3) is 25.4. The SMILES string of the molecule is CC(C)CC(=O)Cc1nc(-c2ccc(S(=O)(=O)N3CCC(C)CC3)cc2)cs1.CCC(C)C(=O)Cc1nc(-c2ccc(S(=O)(=O)N3CCC(C)CC3)cc2)cs1.CCC(CC)C(=O)Cc1nc(-c2ccc(S(=O)(=O)N3CCC(C)CC3)cc2)cs1.CCN(CC)S(=O)(=O)c1ccc(-c2csc(CC(=O)CC(C)C)n2)cc1. The third-order valence-corrected chi connectivity index (χ3v) is 31.7. The molecule has 0 aliphatic carbocycles. The highest BCUT2D eigenvalue weighted by molar-refractivity contribution is 7.90. The number of rotatable bonds is 31. The third-order valence-electron chi connectivity index (χ3n) is 20.5. The fraction of sp³-hybridized carbons (Fsp3) is 0.518. The average Bonchev–Trinajstić information content (AvgIpc) is 1.83. The molecule has 8 aromatic rings. The highest BCUT2D eigenvalue weighted by atomic mass is 32.2. The summed E-state index contributed by atoms with van der Waals surface area (Å²) in [6.07, 6.45) is 10.6. The number of ketones is 4. The fourth-order valence-electron chi connectivity index (χ4n) is 13.1. The first-order chi connectivity index (χ1) is 52.7. The molecule has 4 aromatic carbocycles. The van der Waals surface area contributed by atoms with Gasteiger partial charge in [0.05, 0.1) is 68.0 Å². The van der Waals surface area contributed by atoms with E-state index in [-0.39, 0.29) is 39.9 Å². The molecule has 7 heterocycles. The molecule has 1 unspecified atom stereocenters. The van der Waals surface area contributed by atoms with E-state index in [2.05, 4.69) is 40.7 Å². The number of thiazole rings is 4. The van der Waals surface area contributed by atoms with Crippen LogP contribution in [0.3, 0.4) is 0 Å². The van der Waals surface area contributed by atoms with E-state index in [1.165, 1.54) is 49.7 Å². The summed E-state index contributed by atoms with van der Waals surface area (Å²) in [4.78, 5) is 67.9. The molecule has 3 fully saturated rings. The van der Waals surface area contributed by atoms with Gasteiger partial charge in [0.25, 0.3) is 0 Å². The smallest absolute Gasteiger partial charge is 0.243 e. The Balaban J connectivity index is 0.000000186. The molecule has 0 saturated carbocycles. The molecule has 4 aromatic heterocycles. The number of aromatic nitrogens is 4. The molecular formula is C83H112N8O12S8. The van der Waals surface area contributed by atoms with E-state index in [0.717, 1.165) is 123 Å². The van der Waals surface area contributed by atoms with Crippen LogP contribution in [-0.4, -0.2) is 146 Å². The van der Waals surface area contributed by atoms with Crippen LogP contribution in [-0.2, 0) is 85.0 Å². The molecule has 0 bridgehead atoms. The highest BCUT2D eigenvalue weighted by Crippen LogP contribution is 2.33. The van der Waals surface area contributed by atoms with Crippen molar-refractivity contribution in [2.24, 2.45) is 41.4 Å². The Morgan fingerprint density at radius 1 is 0.387 bits per heavy atom. The van der Waals surface area contributed by atoms with Gasteiger partial charge in [-0.1, -0.05) is 139 Å². The van der Waals surface area contributed by atoms with Crippen molar-refractivity contribution < 1.29 is 52.8 Å². The van der Waals surface area contributed by atoms with Crippen molar-refractivity contribution in [2.75, 3.05) is 52.4 Å². The lowest BCUT2D eigenvalue weighted by atomic mass is 9.96. The number of Topliss-reactive ketones (excluding diaryl/α,β-unsaturated/α-hetero) is 4. The second-order valence-corrected chi connectivity index (χ2v) is 41.7. The van der Waals surface area contributed by atoms with Crippen LogP contribution in [0.25, 0.3) is 45.0 Å². The first kappa shape index (κ1) is 90.3. The maximum atomic E-state index is 12.9. The molecule has 0 spiro atoms. The van der Waals surface area contributed by atoms with Gasteiger partial charge in [0, 0.05) is 121 Å². The van der Waals surface area contributed by atoms with Crippen molar-refractivity contribution in [2.45, 2.75) is 206 Å². The van der Waals surface area contributed by atoms with E-state index in [0.29, 0.717) is 135 Å². The first-order valence-corrected chi connectivity index (χ1v) is 48.3. The number of carbonyl (C=O) groups excluding carboxylic acids is 4. The Bertz CT molecular complexity index is 4790. The summed E-state index contributed by atoms with van der Waals surface area (Å²) in [5, 5.41) is 10.9. The lowest BCUT2D eigenvalue weighted by Crippen LogP contribution is -2.37. The van der Waals surface area contributed by atoms with Crippen LogP contribution in [0.4, 0.5) is 0 Å². The number of nitrogens with zero attached hydrogens (tertiary/aromatic N) is 8. The van der Waals surface area contributed by atoms with Crippen LogP contribution >= 0.6 is 45.3 Å². The lowest BCUT2D eigenvalue weighted by molar-refractivity contribution is -0.123. The predicted molar refractivity (Wildman–Crippen MR) is 449 cm³/mol. The number of hydrogen-bond donors (Lipinski definition) is 0. The monoisotopic (exact) mass is 1670 g/mol. The second-order valence-electron chi connectivity index (χ2n) is 30.2. The lowest BCUT2D eigenvalue weighted by Gasteiger charge is -2.29. The molecule has 3 aliphatic heterocycles. The van der Waals surface area contributed by atoms with Crippen molar-refractivity contribution in [1.82, 2.24) is 37.2 Å². The Kier molecular flexibility index (Phi) is 34.0. The minimum atomic E-state index is -3.45. The molecule has 3 saturated heterocycles. The minimum Gasteiger partial charge on any atom is -0.299 e. The Hall–Kier alpha value is -6.28. The summed E-state index contributed by atoms with van der Waals surface area (Å²) in [5.74, 6) is 3.45. The summed E-state index contributed by atoms with van der Waals surface area (Å²) in [5.41, 5.74) is 6.58. The zero-order valence-electron chi connectivity index (χ0n) is 66.6. The van der Waals surface area contributed by atoms with Crippen molar-refractivity contribution in [1.29, 1.82) is 0 Å². The van der Waals surface area contributed by atoms with Gasteiger partial charge in [-0.3, -0.25) is 19.2 Å². The van der Waals surface area contributed by atoms with E-state index in [4.69, 9.17) is 0 Å². The van der Waals surface area contributed by atoms with Gasteiger partial charge in [0.15, 0.2) is 0 Å². The molecule has 11 rings (SSSR count). The molecule has 0 amide bonds. The van der Waals surface area contributed by atoms with Crippen molar-refractivity contribution in [3.63, 3.8) is 0 Å². The fourth-order valence-corrected chi connectivity index (χ4v) is 22.3. The van der Waals surface area contributed by atoms with Gasteiger partial charge in [0.2, 0.25) is 40.1 Å². The van der Waals surface area contributed by atoms with Gasteiger partial charge in [-0.25, -0.2) is 53.6 Å². The van der Waals surface area contributed by atoms with E-state index in [1.54, 1.807) is 110 Å². The van der Waals surface area contributed by atoms with E-state index >= 15 is 0 Å². The van der Waals surface area contributed by atoms with Gasteiger partial charge in [-0.2, -0.15) is 17.2 Å². The number of piperidine rings is 3. The van der Waals surface area contributed by atoms with Gasteiger partial charge in [0.1, 0.15) is 43.2 Å². The normalized spacial score (nSPS) is 15.7. The van der Waals surface area contributed by atoms with Crippen LogP contribution in [0, 0.1) is 41.4 Å². The second kappa shape index (κ2) is 41.8. The van der Waals surface area contributed by atoms with E-state index in [1.807, 2.05) is 90.8 Å². The summed E-state index contributed by atoms with van der Waals surface area (Å²) in [6.45, 7) is 30.7. The summed E-state index contributed by atoms with van der Waals surface area (Å²) in [7, 11) is -13.8. The van der Waals surface area contributed by atoms with Crippen LogP contribution < -0.4 is 0 Å². The van der Waals surface area contributed by atoms with Gasteiger partial charge < -0.3 is 0 Å². The van der Waals surface area contributed by atoms with Crippen molar-refractivity contribution >= 4 is 109 Å². The number of hydrogen-bond acceptors (Lipinski definition) is 20. The van der Waals surface area contributed by atoms with Gasteiger partial charge in [-0.15, -0.1) is 45.3 Å². The first-order valence-electron chi connectivity index (χ1n) is 39.0. The Labute approximate surface area is 676 Å². The van der Waals surface area contributed by atoms with Crippen LogP contribution in [0.2, 0.25) is 0 Å². The molecule has 604 valence electrons. The quantitative estimate of drug-likeness (QED) is 0.0391. The van der Waals surface area contributed by atoms with E-state index in [9.17, 15) is 52.8 Å². The van der Waals surface area contributed by atoms with Crippen LogP contribution in [0.5, 0.6) is 0 Å². The number of sulfonamides is 4. The number of carbonyl (C=O) groups is 4. The largest absolute Gasteiger partial charge is 0.299 e. The maximum absolute atomic E-state index is 12.9. The molecule has 20 nitrogen and oxygen atoms in total. The molecular weight excluding hydrogens is 1560 g/mol. The molecule has 3 aliphatic rings. The Morgan fingerprint density at radius 2 is 0.649 bits per heavy atom. The predicted octanol–water partition coefficient (Wildman–Crippen LogP) is 17.6. The van der Waals surface area contributed by atoms with Crippen LogP contribution in [0.15, 0.2) is 138 Å².